The van der Waals surface area contributed by atoms with Crippen LogP contribution in [0.5, 0.6) is 5.75 Å². The van der Waals surface area contributed by atoms with Crippen LogP contribution >= 0.6 is 0 Å². The number of carbonyl (C=O) groups is 2. The van der Waals surface area contributed by atoms with Crippen LogP contribution in [0.1, 0.15) is 6.42 Å². The number of halogens is 1. The van der Waals surface area contributed by atoms with Crippen molar-refractivity contribution in [2.24, 2.45) is 5.92 Å². The van der Waals surface area contributed by atoms with Gasteiger partial charge in [-0.25, -0.2) is 4.39 Å². The summed E-state index contributed by atoms with van der Waals surface area (Å²) >= 11 is 0. The number of benzene rings is 1. The molecule has 0 spiro atoms. The quantitative estimate of drug-likeness (QED) is 0.776. The van der Waals surface area contributed by atoms with Gasteiger partial charge in [-0.05, 0) is 12.1 Å². The van der Waals surface area contributed by atoms with Crippen LogP contribution in [0, 0.1) is 11.7 Å². The number of methoxy groups -OCH3 is 2. The summed E-state index contributed by atoms with van der Waals surface area (Å²) < 4.78 is 23.5. The molecule has 0 N–H and O–H groups in total. The third kappa shape index (κ3) is 2.38. The van der Waals surface area contributed by atoms with Crippen molar-refractivity contribution in [2.75, 3.05) is 25.7 Å². The lowest BCUT2D eigenvalue weighted by molar-refractivity contribution is -0.145. The molecule has 1 fully saturated rings. The maximum absolute atomic E-state index is 14.1. The van der Waals surface area contributed by atoms with Gasteiger partial charge in [-0.3, -0.25) is 9.59 Å². The Morgan fingerprint density at radius 2 is 2.16 bits per heavy atom. The van der Waals surface area contributed by atoms with Gasteiger partial charge >= 0.3 is 5.97 Å². The first kappa shape index (κ1) is 13.3. The van der Waals surface area contributed by atoms with E-state index in [0.717, 1.165) is 0 Å². The summed E-state index contributed by atoms with van der Waals surface area (Å²) in [5.41, 5.74) is 0.121. The van der Waals surface area contributed by atoms with Crippen LogP contribution in [0.3, 0.4) is 0 Å². The Bertz CT molecular complexity index is 517. The van der Waals surface area contributed by atoms with E-state index < -0.39 is 17.7 Å². The highest BCUT2D eigenvalue weighted by atomic mass is 19.1. The van der Waals surface area contributed by atoms with Crippen molar-refractivity contribution in [1.82, 2.24) is 0 Å². The van der Waals surface area contributed by atoms with E-state index in [0.29, 0.717) is 0 Å². The SMILES string of the molecule is COC(=O)C1CC(=O)N(c2cccc(OC)c2F)C1. The van der Waals surface area contributed by atoms with Gasteiger partial charge in [0.25, 0.3) is 0 Å². The fraction of sp³-hybridized carbons (Fsp3) is 0.385. The van der Waals surface area contributed by atoms with Gasteiger partial charge in [0.1, 0.15) is 0 Å². The minimum Gasteiger partial charge on any atom is -0.494 e. The lowest BCUT2D eigenvalue weighted by Crippen LogP contribution is -2.27. The van der Waals surface area contributed by atoms with Crippen LogP contribution in [0.4, 0.5) is 10.1 Å². The van der Waals surface area contributed by atoms with Gasteiger partial charge < -0.3 is 14.4 Å². The minimum absolute atomic E-state index is 0.0311. The Hall–Kier alpha value is -2.11. The fourth-order valence-electron chi connectivity index (χ4n) is 2.13. The molecule has 0 bridgehead atoms. The van der Waals surface area contributed by atoms with E-state index in [9.17, 15) is 14.0 Å². The van der Waals surface area contributed by atoms with E-state index in [-0.39, 0.29) is 30.3 Å². The highest BCUT2D eigenvalue weighted by Crippen LogP contribution is 2.32. The van der Waals surface area contributed by atoms with Crippen LogP contribution < -0.4 is 9.64 Å². The zero-order valence-electron chi connectivity index (χ0n) is 10.7. The normalized spacial score (nSPS) is 18.6. The molecule has 6 heteroatoms. The van der Waals surface area contributed by atoms with Crippen molar-refractivity contribution in [2.45, 2.75) is 6.42 Å². The number of anilines is 1. The monoisotopic (exact) mass is 267 g/mol. The molecule has 1 amide bonds. The highest BCUT2D eigenvalue weighted by molar-refractivity contribution is 5.99. The number of hydrogen-bond acceptors (Lipinski definition) is 4. The van der Waals surface area contributed by atoms with Crippen molar-refractivity contribution in [3.8, 4) is 5.75 Å². The van der Waals surface area contributed by atoms with Crippen LogP contribution in [-0.2, 0) is 14.3 Å². The van der Waals surface area contributed by atoms with Crippen LogP contribution in [0.25, 0.3) is 0 Å². The molecular formula is C13H14FNO4. The number of amides is 1. The summed E-state index contributed by atoms with van der Waals surface area (Å²) in [6.07, 6.45) is 0.0311. The van der Waals surface area contributed by atoms with Crippen molar-refractivity contribution < 1.29 is 23.5 Å². The second-order valence-electron chi connectivity index (χ2n) is 4.22. The molecule has 102 valence electrons. The summed E-state index contributed by atoms with van der Waals surface area (Å²) in [5.74, 6) is -1.86. The number of nitrogens with zero attached hydrogens (tertiary/aromatic N) is 1. The molecule has 1 aromatic rings. The summed E-state index contributed by atoms with van der Waals surface area (Å²) in [6.45, 7) is 0.121. The number of carbonyl (C=O) groups excluding carboxylic acids is 2. The summed E-state index contributed by atoms with van der Waals surface area (Å²) in [7, 11) is 2.62. The standard InChI is InChI=1S/C13H14FNO4/c1-18-10-5-3-4-9(12(10)14)15-7-8(6-11(15)16)13(17)19-2/h3-5,8H,6-7H2,1-2H3. The van der Waals surface area contributed by atoms with Gasteiger partial charge in [0.15, 0.2) is 11.6 Å². The van der Waals surface area contributed by atoms with Gasteiger partial charge in [0.05, 0.1) is 25.8 Å². The largest absolute Gasteiger partial charge is 0.494 e. The van der Waals surface area contributed by atoms with Crippen molar-refractivity contribution >= 4 is 17.6 Å². The number of rotatable bonds is 3. The molecule has 0 saturated carbocycles. The predicted molar refractivity (Wildman–Crippen MR) is 65.4 cm³/mol. The average molecular weight is 267 g/mol. The molecule has 0 aliphatic carbocycles. The van der Waals surface area contributed by atoms with E-state index in [1.54, 1.807) is 6.07 Å². The van der Waals surface area contributed by atoms with Crippen LogP contribution in [0.15, 0.2) is 18.2 Å². The van der Waals surface area contributed by atoms with Gasteiger partial charge in [-0.2, -0.15) is 0 Å². The molecule has 1 aromatic carbocycles. The van der Waals surface area contributed by atoms with Crippen molar-refractivity contribution in [3.63, 3.8) is 0 Å². The zero-order chi connectivity index (χ0) is 14.0. The number of esters is 1. The molecule has 0 radical (unpaired) electrons. The Labute approximate surface area is 109 Å². The Morgan fingerprint density at radius 1 is 1.42 bits per heavy atom. The van der Waals surface area contributed by atoms with Crippen LogP contribution in [0.2, 0.25) is 0 Å². The first-order valence-corrected chi connectivity index (χ1v) is 5.79. The highest BCUT2D eigenvalue weighted by Gasteiger charge is 2.37. The van der Waals surface area contributed by atoms with Crippen LogP contribution in [-0.4, -0.2) is 32.6 Å². The molecular weight excluding hydrogens is 253 g/mol. The fourth-order valence-corrected chi connectivity index (χ4v) is 2.13. The first-order valence-electron chi connectivity index (χ1n) is 5.79. The Kier molecular flexibility index (Phi) is 3.69. The molecule has 1 aliphatic rings. The average Bonchev–Trinajstić information content (AvgIpc) is 2.80. The summed E-state index contributed by atoms with van der Waals surface area (Å²) in [5, 5.41) is 0. The number of ether oxygens (including phenoxy) is 2. The molecule has 1 saturated heterocycles. The smallest absolute Gasteiger partial charge is 0.311 e. The van der Waals surface area contributed by atoms with E-state index in [1.165, 1.54) is 31.3 Å². The van der Waals surface area contributed by atoms with E-state index in [2.05, 4.69) is 4.74 Å². The van der Waals surface area contributed by atoms with Gasteiger partial charge in [0, 0.05) is 13.0 Å². The summed E-state index contributed by atoms with van der Waals surface area (Å²) in [4.78, 5) is 24.5. The first-order chi connectivity index (χ1) is 9.08. The number of hydrogen-bond donors (Lipinski definition) is 0. The molecule has 1 aliphatic heterocycles. The predicted octanol–water partition coefficient (Wildman–Crippen LogP) is 1.36. The zero-order valence-corrected chi connectivity index (χ0v) is 10.7. The van der Waals surface area contributed by atoms with E-state index >= 15 is 0 Å². The lowest BCUT2D eigenvalue weighted by atomic mass is 10.1. The molecule has 2 rings (SSSR count). The molecule has 1 atom stereocenters. The van der Waals surface area contributed by atoms with Gasteiger partial charge in [0.2, 0.25) is 5.91 Å². The molecule has 0 aromatic heterocycles. The third-order valence-corrected chi connectivity index (χ3v) is 3.11. The minimum atomic E-state index is -0.608. The third-order valence-electron chi connectivity index (χ3n) is 3.11. The van der Waals surface area contributed by atoms with E-state index in [4.69, 9.17) is 4.74 Å². The molecule has 1 heterocycles. The summed E-state index contributed by atoms with van der Waals surface area (Å²) in [6, 6.07) is 4.54. The van der Waals surface area contributed by atoms with Crippen molar-refractivity contribution in [3.05, 3.63) is 24.0 Å². The van der Waals surface area contributed by atoms with Gasteiger partial charge in [-0.1, -0.05) is 6.07 Å². The van der Waals surface area contributed by atoms with E-state index in [1.807, 2.05) is 0 Å². The maximum Gasteiger partial charge on any atom is 0.311 e. The molecule has 19 heavy (non-hydrogen) atoms. The Morgan fingerprint density at radius 3 is 2.79 bits per heavy atom. The topological polar surface area (TPSA) is 55.8 Å². The lowest BCUT2D eigenvalue weighted by Gasteiger charge is -2.18. The van der Waals surface area contributed by atoms with Crippen molar-refractivity contribution in [1.29, 1.82) is 0 Å². The van der Waals surface area contributed by atoms with Gasteiger partial charge in [-0.15, -0.1) is 0 Å². The Balaban J connectivity index is 2.28. The molecule has 1 unspecified atom stereocenters. The maximum atomic E-state index is 14.1. The molecule has 5 nitrogen and oxygen atoms in total. The second kappa shape index (κ2) is 5.26. The second-order valence-corrected chi connectivity index (χ2v) is 4.22.